The predicted molar refractivity (Wildman–Crippen MR) is 78.6 cm³/mol. The second kappa shape index (κ2) is 4.63. The van der Waals surface area contributed by atoms with E-state index in [1.165, 1.54) is 16.5 Å². The number of para-hydroxylation sites is 1. The molecule has 1 aliphatic heterocycles. The minimum atomic E-state index is -0.725. The number of carboxylic acids is 1. The molecule has 1 fully saturated rings. The van der Waals surface area contributed by atoms with E-state index < -0.39 is 11.5 Å². The Hall–Kier alpha value is -1.81. The quantitative estimate of drug-likeness (QED) is 0.934. The van der Waals surface area contributed by atoms with Gasteiger partial charge in [-0.2, -0.15) is 0 Å². The summed E-state index contributed by atoms with van der Waals surface area (Å²) in [6.07, 6.45) is 3.80. The molecule has 1 atom stereocenters. The molecule has 0 radical (unpaired) electrons. The van der Waals surface area contributed by atoms with Crippen molar-refractivity contribution in [2.75, 3.05) is 6.54 Å². The number of carboxylic acid groups (broad SMARTS) is 1. The van der Waals surface area contributed by atoms with Crippen LogP contribution in [0.15, 0.2) is 30.5 Å². The largest absolute Gasteiger partial charge is 0.480 e. The summed E-state index contributed by atoms with van der Waals surface area (Å²) < 4.78 is 2.11. The van der Waals surface area contributed by atoms with E-state index in [4.69, 9.17) is 0 Å². The van der Waals surface area contributed by atoms with Crippen LogP contribution < -0.4 is 0 Å². The monoisotopic (exact) mass is 272 g/mol. The molecule has 2 heterocycles. The zero-order valence-electron chi connectivity index (χ0n) is 12.0. The first-order valence-corrected chi connectivity index (χ1v) is 7.04. The lowest BCUT2D eigenvalue weighted by Gasteiger charge is -2.30. The standard InChI is InChI=1S/C16H20N2O2/c1-16(15(19)20)8-5-9-18(16)11-12-10-17(2)14-7-4-3-6-13(12)14/h3-4,6-7,10H,5,8-9,11H2,1-2H3,(H,19,20). The van der Waals surface area contributed by atoms with Crippen molar-refractivity contribution >= 4 is 16.9 Å². The number of fused-ring (bicyclic) bond motifs is 1. The number of aromatic nitrogens is 1. The number of hydrogen-bond acceptors (Lipinski definition) is 2. The first-order chi connectivity index (χ1) is 9.52. The Labute approximate surface area is 118 Å². The van der Waals surface area contributed by atoms with Gasteiger partial charge < -0.3 is 9.67 Å². The Morgan fingerprint density at radius 3 is 2.90 bits per heavy atom. The van der Waals surface area contributed by atoms with Crippen LogP contribution in [0.1, 0.15) is 25.3 Å². The van der Waals surface area contributed by atoms with E-state index in [1.54, 1.807) is 0 Å². The highest BCUT2D eigenvalue weighted by Gasteiger charge is 2.43. The van der Waals surface area contributed by atoms with Gasteiger partial charge in [-0.25, -0.2) is 0 Å². The van der Waals surface area contributed by atoms with E-state index in [0.717, 1.165) is 19.4 Å². The Bertz CT molecular complexity index is 662. The molecule has 1 aliphatic rings. The lowest BCUT2D eigenvalue weighted by molar-refractivity contribution is -0.148. The molecule has 1 saturated heterocycles. The fraction of sp³-hybridized carbons (Fsp3) is 0.438. The number of rotatable bonds is 3. The first kappa shape index (κ1) is 13.2. The smallest absolute Gasteiger partial charge is 0.323 e. The van der Waals surface area contributed by atoms with Gasteiger partial charge in [0.2, 0.25) is 0 Å². The third-order valence-corrected chi connectivity index (χ3v) is 4.59. The first-order valence-electron chi connectivity index (χ1n) is 7.04. The summed E-state index contributed by atoms with van der Waals surface area (Å²) in [5.41, 5.74) is 1.67. The second-order valence-corrected chi connectivity index (χ2v) is 5.89. The summed E-state index contributed by atoms with van der Waals surface area (Å²) in [6.45, 7) is 3.39. The van der Waals surface area contributed by atoms with Crippen LogP contribution in [0.5, 0.6) is 0 Å². The van der Waals surface area contributed by atoms with Gasteiger partial charge in [0.15, 0.2) is 0 Å². The van der Waals surface area contributed by atoms with Crippen molar-refractivity contribution in [1.29, 1.82) is 0 Å². The van der Waals surface area contributed by atoms with Crippen molar-refractivity contribution in [2.24, 2.45) is 7.05 Å². The lowest BCUT2D eigenvalue weighted by Crippen LogP contribution is -2.47. The molecule has 20 heavy (non-hydrogen) atoms. The topological polar surface area (TPSA) is 45.5 Å². The highest BCUT2D eigenvalue weighted by molar-refractivity contribution is 5.84. The molecule has 1 unspecified atom stereocenters. The van der Waals surface area contributed by atoms with E-state index >= 15 is 0 Å². The molecule has 0 aliphatic carbocycles. The summed E-state index contributed by atoms with van der Waals surface area (Å²) in [5, 5.41) is 10.7. The number of hydrogen-bond donors (Lipinski definition) is 1. The molecule has 1 aromatic heterocycles. The molecule has 3 rings (SSSR count). The molecule has 4 nitrogen and oxygen atoms in total. The zero-order chi connectivity index (χ0) is 14.3. The molecule has 1 aromatic carbocycles. The molecular formula is C16H20N2O2. The van der Waals surface area contributed by atoms with Gasteiger partial charge in [-0.15, -0.1) is 0 Å². The van der Waals surface area contributed by atoms with E-state index in [0.29, 0.717) is 6.54 Å². The van der Waals surface area contributed by atoms with Gasteiger partial charge in [-0.05, 0) is 37.9 Å². The van der Waals surface area contributed by atoms with Crippen molar-refractivity contribution in [3.05, 3.63) is 36.0 Å². The highest BCUT2D eigenvalue weighted by atomic mass is 16.4. The van der Waals surface area contributed by atoms with Crippen molar-refractivity contribution in [3.8, 4) is 0 Å². The lowest BCUT2D eigenvalue weighted by atomic mass is 9.99. The predicted octanol–water partition coefficient (Wildman–Crippen LogP) is 2.62. The third-order valence-electron chi connectivity index (χ3n) is 4.59. The molecule has 106 valence electrons. The Kier molecular flexibility index (Phi) is 3.05. The van der Waals surface area contributed by atoms with Gasteiger partial charge >= 0.3 is 5.97 Å². The maximum atomic E-state index is 11.5. The van der Waals surface area contributed by atoms with Crippen molar-refractivity contribution < 1.29 is 9.90 Å². The van der Waals surface area contributed by atoms with Gasteiger partial charge in [0.05, 0.1) is 0 Å². The minimum absolute atomic E-state index is 0.699. The van der Waals surface area contributed by atoms with Crippen molar-refractivity contribution in [2.45, 2.75) is 31.8 Å². The van der Waals surface area contributed by atoms with Crippen LogP contribution in [0.4, 0.5) is 0 Å². The van der Waals surface area contributed by atoms with Crippen LogP contribution in [-0.4, -0.2) is 32.6 Å². The van der Waals surface area contributed by atoms with Crippen LogP contribution in [0.2, 0.25) is 0 Å². The van der Waals surface area contributed by atoms with Crippen molar-refractivity contribution in [3.63, 3.8) is 0 Å². The van der Waals surface area contributed by atoms with Crippen LogP contribution in [0.3, 0.4) is 0 Å². The molecule has 0 bridgehead atoms. The molecular weight excluding hydrogens is 252 g/mol. The maximum absolute atomic E-state index is 11.5. The second-order valence-electron chi connectivity index (χ2n) is 5.89. The van der Waals surface area contributed by atoms with Crippen LogP contribution in [-0.2, 0) is 18.4 Å². The van der Waals surface area contributed by atoms with E-state index in [2.05, 4.69) is 27.8 Å². The summed E-state index contributed by atoms with van der Waals surface area (Å²) in [6, 6.07) is 8.27. The molecule has 2 aromatic rings. The number of carbonyl (C=O) groups is 1. The summed E-state index contributed by atoms with van der Waals surface area (Å²) >= 11 is 0. The fourth-order valence-electron chi connectivity index (χ4n) is 3.27. The molecule has 0 saturated carbocycles. The van der Waals surface area contributed by atoms with Gasteiger partial charge in [-0.3, -0.25) is 9.69 Å². The SMILES string of the molecule is Cn1cc(CN2CCCC2(C)C(=O)O)c2ccccc21. The summed E-state index contributed by atoms with van der Waals surface area (Å²) in [5.74, 6) is -0.713. The number of benzene rings is 1. The molecule has 4 heteroatoms. The van der Waals surface area contributed by atoms with E-state index in [9.17, 15) is 9.90 Å². The average molecular weight is 272 g/mol. The van der Waals surface area contributed by atoms with E-state index in [-0.39, 0.29) is 0 Å². The molecule has 1 N–H and O–H groups in total. The van der Waals surface area contributed by atoms with Gasteiger partial charge in [0.1, 0.15) is 5.54 Å². The van der Waals surface area contributed by atoms with Gasteiger partial charge in [0, 0.05) is 30.7 Å². The fourth-order valence-corrected chi connectivity index (χ4v) is 3.27. The maximum Gasteiger partial charge on any atom is 0.323 e. The summed E-state index contributed by atoms with van der Waals surface area (Å²) in [4.78, 5) is 13.6. The highest BCUT2D eigenvalue weighted by Crippen LogP contribution is 2.32. The molecule has 0 spiro atoms. The van der Waals surface area contributed by atoms with Gasteiger partial charge in [0.25, 0.3) is 0 Å². The van der Waals surface area contributed by atoms with E-state index in [1.807, 2.05) is 26.1 Å². The summed E-state index contributed by atoms with van der Waals surface area (Å²) in [7, 11) is 2.03. The zero-order valence-corrected chi connectivity index (χ0v) is 12.0. The number of aliphatic carboxylic acids is 1. The Morgan fingerprint density at radius 2 is 2.15 bits per heavy atom. The van der Waals surface area contributed by atoms with Crippen LogP contribution in [0.25, 0.3) is 10.9 Å². The Morgan fingerprint density at radius 1 is 1.40 bits per heavy atom. The number of nitrogens with zero attached hydrogens (tertiary/aromatic N) is 2. The van der Waals surface area contributed by atoms with Crippen LogP contribution in [0, 0.1) is 0 Å². The Balaban J connectivity index is 1.96. The minimum Gasteiger partial charge on any atom is -0.480 e. The number of aryl methyl sites for hydroxylation is 1. The van der Waals surface area contributed by atoms with Crippen LogP contribution >= 0.6 is 0 Å². The normalized spacial score (nSPS) is 23.5. The molecule has 0 amide bonds. The third kappa shape index (κ3) is 1.91. The van der Waals surface area contributed by atoms with Gasteiger partial charge in [-0.1, -0.05) is 18.2 Å². The average Bonchev–Trinajstić information content (AvgIpc) is 2.94. The number of likely N-dealkylation sites (tertiary alicyclic amines) is 1. The van der Waals surface area contributed by atoms with Crippen molar-refractivity contribution in [1.82, 2.24) is 9.47 Å².